The van der Waals surface area contributed by atoms with E-state index in [1.165, 1.54) is 24.2 Å². The fraction of sp³-hybridized carbons (Fsp3) is 0.296. The van der Waals surface area contributed by atoms with Gasteiger partial charge in [0.05, 0.1) is 5.39 Å². The molecule has 1 amide bonds. The highest BCUT2D eigenvalue weighted by Crippen LogP contribution is 2.30. The number of fused-ring (bicyclic) bond motifs is 1. The number of benzene rings is 2. The molecule has 2 aromatic heterocycles. The van der Waals surface area contributed by atoms with E-state index >= 15 is 0 Å². The molecule has 0 aliphatic carbocycles. The summed E-state index contributed by atoms with van der Waals surface area (Å²) in [6, 6.07) is 15.4. The number of nitrogens with zero attached hydrogens (tertiary/aromatic N) is 3. The highest BCUT2D eigenvalue weighted by atomic mass is 32.2. The number of aromatic nitrogens is 3. The number of nitrogens with one attached hydrogen (secondary N) is 2. The second kappa shape index (κ2) is 11.8. The molecule has 0 unspecified atom stereocenters. The van der Waals surface area contributed by atoms with Crippen molar-refractivity contribution in [3.63, 3.8) is 0 Å². The number of aromatic amines is 1. The van der Waals surface area contributed by atoms with E-state index in [9.17, 15) is 9.18 Å². The number of aryl methyl sites for hydroxylation is 1. The number of thioether (sulfide) groups is 1. The predicted molar refractivity (Wildman–Crippen MR) is 145 cm³/mol. The van der Waals surface area contributed by atoms with Crippen LogP contribution in [-0.2, 0) is 11.3 Å². The van der Waals surface area contributed by atoms with Gasteiger partial charge in [-0.1, -0.05) is 24.3 Å². The van der Waals surface area contributed by atoms with Crippen molar-refractivity contribution in [3.05, 3.63) is 71.8 Å². The minimum absolute atomic E-state index is 0. The third-order valence-electron chi connectivity index (χ3n) is 6.09. The van der Waals surface area contributed by atoms with Gasteiger partial charge in [0.2, 0.25) is 6.41 Å². The van der Waals surface area contributed by atoms with E-state index in [1.807, 2.05) is 42.7 Å². The van der Waals surface area contributed by atoms with Crippen LogP contribution < -0.4 is 10.2 Å². The average molecular weight is 496 g/mol. The molecule has 0 spiro atoms. The lowest BCUT2D eigenvalue weighted by Gasteiger charge is -2.27. The summed E-state index contributed by atoms with van der Waals surface area (Å²) in [4.78, 5) is 25.7. The van der Waals surface area contributed by atoms with Crippen LogP contribution in [0, 0.1) is 12.7 Å². The number of anilines is 1. The molecule has 0 radical (unpaired) electrons. The Labute approximate surface area is 212 Å². The molecular formula is C27H34FN5OS. The molecule has 6 nitrogen and oxygen atoms in total. The topological polar surface area (TPSA) is 73.9 Å². The van der Waals surface area contributed by atoms with Crippen LogP contribution in [-0.4, -0.2) is 40.7 Å². The maximum absolute atomic E-state index is 13.8. The molecule has 4 aromatic rings. The zero-order valence-electron chi connectivity index (χ0n) is 20.1. The Bertz CT molecular complexity index is 1280. The molecule has 0 bridgehead atoms. The lowest BCUT2D eigenvalue weighted by atomic mass is 10.1. The van der Waals surface area contributed by atoms with Crippen LogP contribution >= 0.6 is 11.8 Å². The first kappa shape index (κ1) is 24.7. The number of carbonyl (C=O) groups excluding carboxylic acids is 1. The maximum atomic E-state index is 13.8. The van der Waals surface area contributed by atoms with Gasteiger partial charge in [-0.25, -0.2) is 14.4 Å². The molecule has 3 heterocycles. The van der Waals surface area contributed by atoms with Crippen molar-refractivity contribution in [1.29, 1.82) is 0 Å². The molecule has 2 N–H and O–H groups in total. The maximum Gasteiger partial charge on any atom is 0.207 e. The highest BCUT2D eigenvalue weighted by molar-refractivity contribution is 7.98. The van der Waals surface area contributed by atoms with Crippen molar-refractivity contribution in [1.82, 2.24) is 20.3 Å². The largest absolute Gasteiger partial charge is 0.356 e. The van der Waals surface area contributed by atoms with Crippen LogP contribution in [0.1, 0.15) is 33.2 Å². The molecule has 0 saturated carbocycles. The van der Waals surface area contributed by atoms with Gasteiger partial charge in [-0.15, -0.1) is 11.8 Å². The zero-order valence-corrected chi connectivity index (χ0v) is 20.9. The van der Waals surface area contributed by atoms with Crippen molar-refractivity contribution >= 4 is 35.0 Å². The molecule has 8 heteroatoms. The Morgan fingerprint density at radius 2 is 1.89 bits per heavy atom. The fourth-order valence-electron chi connectivity index (χ4n) is 4.10. The number of piperidine rings is 1. The molecule has 35 heavy (non-hydrogen) atoms. The summed E-state index contributed by atoms with van der Waals surface area (Å²) in [6.07, 6.45) is 8.03. The van der Waals surface area contributed by atoms with Gasteiger partial charge in [0.25, 0.3) is 0 Å². The Morgan fingerprint density at radius 3 is 2.57 bits per heavy atom. The van der Waals surface area contributed by atoms with E-state index in [2.05, 4.69) is 25.2 Å². The van der Waals surface area contributed by atoms with E-state index in [0.29, 0.717) is 18.5 Å². The van der Waals surface area contributed by atoms with Crippen molar-refractivity contribution in [2.24, 2.45) is 0 Å². The number of hydrogen-bond acceptors (Lipinski definition) is 5. The van der Waals surface area contributed by atoms with Crippen molar-refractivity contribution < 1.29 is 12.0 Å². The number of halogens is 1. The highest BCUT2D eigenvalue weighted by Gasteiger charge is 2.17. The van der Waals surface area contributed by atoms with Gasteiger partial charge < -0.3 is 15.2 Å². The number of H-pyrrole nitrogens is 1. The molecule has 1 aliphatic rings. The van der Waals surface area contributed by atoms with Gasteiger partial charge in [0.1, 0.15) is 23.6 Å². The lowest BCUT2D eigenvalue weighted by molar-refractivity contribution is -0.109. The summed E-state index contributed by atoms with van der Waals surface area (Å²) in [5.74, 6) is 0.785. The second-order valence-electron chi connectivity index (χ2n) is 8.50. The number of carbonyl (C=O) groups is 1. The smallest absolute Gasteiger partial charge is 0.207 e. The summed E-state index contributed by atoms with van der Waals surface area (Å²) >= 11 is 1.71. The second-order valence-corrected chi connectivity index (χ2v) is 9.38. The number of rotatable bonds is 6. The molecule has 1 fully saturated rings. The van der Waals surface area contributed by atoms with Crippen molar-refractivity contribution in [3.8, 4) is 11.3 Å². The fourth-order valence-corrected chi connectivity index (χ4v) is 4.51. The predicted octanol–water partition coefficient (Wildman–Crippen LogP) is 6.21. The first-order valence-electron chi connectivity index (χ1n) is 11.7. The molecule has 1 aliphatic heterocycles. The molecule has 1 saturated heterocycles. The van der Waals surface area contributed by atoms with Gasteiger partial charge in [-0.2, -0.15) is 0 Å². The Balaban J connectivity index is 0.000000296. The summed E-state index contributed by atoms with van der Waals surface area (Å²) < 4.78 is 13.8. The normalized spacial score (nSPS) is 13.3. The third kappa shape index (κ3) is 6.19. The zero-order chi connectivity index (χ0) is 24.6. The summed E-state index contributed by atoms with van der Waals surface area (Å²) in [7, 11) is 0. The van der Waals surface area contributed by atoms with Crippen LogP contribution in [0.5, 0.6) is 0 Å². The molecule has 0 atom stereocenters. The standard InChI is InChI=1S/C18H19FN4.C9H11NOS.2H2/c1-12-5-6-13(9-15(12)19)16-10-14-17(22-16)20-11-21-18(14)23-7-3-2-4-8-23;1-12-9-4-2-8(3-5-9)6-10-7-11;;/h5-6,9-11H,2-4,7-8H2,1H3,(H,20,21,22);2-5,7H,6H2,1H3,(H,10,11);2*1H. The minimum atomic E-state index is -0.191. The van der Waals surface area contributed by atoms with Crippen molar-refractivity contribution in [2.75, 3.05) is 24.2 Å². The van der Waals surface area contributed by atoms with Crippen LogP contribution in [0.25, 0.3) is 22.3 Å². The monoisotopic (exact) mass is 495 g/mol. The van der Waals surface area contributed by atoms with E-state index in [-0.39, 0.29) is 8.67 Å². The van der Waals surface area contributed by atoms with Gasteiger partial charge in [-0.3, -0.25) is 4.79 Å². The Morgan fingerprint density at radius 1 is 1.11 bits per heavy atom. The molecule has 2 aromatic carbocycles. The summed E-state index contributed by atoms with van der Waals surface area (Å²) in [6.45, 7) is 4.44. The first-order valence-corrected chi connectivity index (χ1v) is 13.0. The number of amides is 1. The van der Waals surface area contributed by atoms with E-state index in [4.69, 9.17) is 0 Å². The van der Waals surface area contributed by atoms with E-state index in [0.717, 1.165) is 46.8 Å². The van der Waals surface area contributed by atoms with Gasteiger partial charge in [-0.05, 0) is 67.8 Å². The van der Waals surface area contributed by atoms with Crippen LogP contribution in [0.2, 0.25) is 0 Å². The third-order valence-corrected chi connectivity index (χ3v) is 6.84. The Kier molecular flexibility index (Phi) is 8.36. The van der Waals surface area contributed by atoms with E-state index < -0.39 is 0 Å². The summed E-state index contributed by atoms with van der Waals surface area (Å²) in [5, 5.41) is 3.62. The van der Waals surface area contributed by atoms with Crippen LogP contribution in [0.15, 0.2) is 59.8 Å². The van der Waals surface area contributed by atoms with Gasteiger partial charge in [0, 0.05) is 38.6 Å². The average Bonchev–Trinajstić information content (AvgIpc) is 3.35. The van der Waals surface area contributed by atoms with Gasteiger partial charge >= 0.3 is 0 Å². The van der Waals surface area contributed by atoms with E-state index in [1.54, 1.807) is 37.1 Å². The first-order chi connectivity index (χ1) is 17.1. The SMILES string of the molecule is CSc1ccc(CNC=O)cc1.Cc1ccc(-c2cc3c(N4CCCCC4)ncnc3[nH]2)cc1F.[HH].[HH]. The van der Waals surface area contributed by atoms with Gasteiger partial charge in [0.15, 0.2) is 0 Å². The minimum Gasteiger partial charge on any atom is -0.356 e. The quantitative estimate of drug-likeness (QED) is 0.246. The lowest BCUT2D eigenvalue weighted by Crippen LogP contribution is -2.30. The van der Waals surface area contributed by atoms with Crippen LogP contribution in [0.4, 0.5) is 10.2 Å². The number of hydrogen-bond donors (Lipinski definition) is 2. The summed E-state index contributed by atoms with van der Waals surface area (Å²) in [5.41, 5.74) is 4.28. The molecule has 186 valence electrons. The Hall–Kier alpha value is -3.39. The molecular weight excluding hydrogens is 461 g/mol. The molecule has 5 rings (SSSR count). The van der Waals surface area contributed by atoms with Crippen LogP contribution in [0.3, 0.4) is 0 Å². The van der Waals surface area contributed by atoms with Crippen molar-refractivity contribution in [2.45, 2.75) is 37.6 Å².